The van der Waals surface area contributed by atoms with Crippen LogP contribution in [0.5, 0.6) is 0 Å². The number of aromatic carboxylic acids is 1. The number of benzene rings is 1. The molecule has 94 valence electrons. The molecule has 0 amide bonds. The summed E-state index contributed by atoms with van der Waals surface area (Å²) in [6.07, 6.45) is 1.64. The molecule has 0 radical (unpaired) electrons. The number of carbonyl (C=O) groups is 1. The zero-order valence-corrected chi connectivity index (χ0v) is 11.0. The van der Waals surface area contributed by atoms with Crippen LogP contribution in [-0.4, -0.2) is 33.3 Å². The summed E-state index contributed by atoms with van der Waals surface area (Å²) in [4.78, 5) is 11.0. The van der Waals surface area contributed by atoms with Gasteiger partial charge in [0, 0.05) is 34.5 Å². The fourth-order valence-electron chi connectivity index (χ4n) is 1.36. The van der Waals surface area contributed by atoms with Crippen LogP contribution in [-0.2, 0) is 10.8 Å². The number of anilines is 1. The predicted octanol–water partition coefficient (Wildman–Crippen LogP) is 1.87. The summed E-state index contributed by atoms with van der Waals surface area (Å²) in [5.41, 5.74) is 1.81. The topological polar surface area (TPSA) is 66.4 Å². The lowest BCUT2D eigenvalue weighted by atomic mass is 10.1. The molecule has 0 bridgehead atoms. The maximum atomic E-state index is 11.2. The Bertz CT molecular complexity index is 445. The fourth-order valence-corrected chi connectivity index (χ4v) is 1.68. The van der Waals surface area contributed by atoms with Crippen molar-refractivity contribution in [1.29, 1.82) is 0 Å². The molecule has 1 rings (SSSR count). The number of hydrogen-bond donors (Lipinski definition) is 2. The summed E-state index contributed by atoms with van der Waals surface area (Å²) in [5.74, 6) is -0.960. The van der Waals surface area contributed by atoms with Gasteiger partial charge in [0.25, 0.3) is 0 Å². The Kier molecular flexibility index (Phi) is 4.69. The van der Waals surface area contributed by atoms with Gasteiger partial charge in [-0.2, -0.15) is 0 Å². The summed E-state index contributed by atoms with van der Waals surface area (Å²) >= 11 is 0. The smallest absolute Gasteiger partial charge is 0.337 e. The van der Waals surface area contributed by atoms with Crippen molar-refractivity contribution in [3.05, 3.63) is 29.3 Å². The van der Waals surface area contributed by atoms with E-state index < -0.39 is 16.8 Å². The number of rotatable bonds is 5. The van der Waals surface area contributed by atoms with Gasteiger partial charge in [0.2, 0.25) is 0 Å². The summed E-state index contributed by atoms with van der Waals surface area (Å²) in [6.45, 7) is 4.25. The van der Waals surface area contributed by atoms with E-state index in [9.17, 15) is 9.00 Å². The van der Waals surface area contributed by atoms with Crippen molar-refractivity contribution >= 4 is 22.5 Å². The first-order valence-corrected chi connectivity index (χ1v) is 6.94. The third-order valence-corrected chi connectivity index (χ3v) is 3.85. The second-order valence-electron chi connectivity index (χ2n) is 4.04. The SMILES string of the molecule is Cc1ccc(C(=O)O)c(NCC(C)S(C)=O)c1. The Balaban J connectivity index is 2.85. The third-order valence-electron chi connectivity index (χ3n) is 2.55. The highest BCUT2D eigenvalue weighted by atomic mass is 32.2. The van der Waals surface area contributed by atoms with E-state index in [0.717, 1.165) is 5.56 Å². The van der Waals surface area contributed by atoms with Crippen LogP contribution in [0.3, 0.4) is 0 Å². The van der Waals surface area contributed by atoms with E-state index in [0.29, 0.717) is 12.2 Å². The molecule has 0 aliphatic heterocycles. The zero-order chi connectivity index (χ0) is 13.0. The molecule has 1 aromatic rings. The molecule has 2 unspecified atom stereocenters. The summed E-state index contributed by atoms with van der Waals surface area (Å²) in [6, 6.07) is 5.12. The molecule has 0 aliphatic rings. The molecule has 5 heteroatoms. The van der Waals surface area contributed by atoms with Crippen LogP contribution in [0.15, 0.2) is 18.2 Å². The number of carboxylic acid groups (broad SMARTS) is 1. The first kappa shape index (κ1) is 13.7. The van der Waals surface area contributed by atoms with Crippen LogP contribution in [0.1, 0.15) is 22.8 Å². The molecule has 0 heterocycles. The fraction of sp³-hybridized carbons (Fsp3) is 0.417. The highest BCUT2D eigenvalue weighted by Gasteiger charge is 2.11. The van der Waals surface area contributed by atoms with Gasteiger partial charge in [-0.05, 0) is 31.5 Å². The highest BCUT2D eigenvalue weighted by molar-refractivity contribution is 7.84. The van der Waals surface area contributed by atoms with Gasteiger partial charge in [0.15, 0.2) is 0 Å². The van der Waals surface area contributed by atoms with Crippen molar-refractivity contribution in [2.24, 2.45) is 0 Å². The molecule has 0 spiro atoms. The average Bonchev–Trinajstić information content (AvgIpc) is 2.25. The van der Waals surface area contributed by atoms with Crippen molar-refractivity contribution in [2.45, 2.75) is 19.1 Å². The second-order valence-corrected chi connectivity index (χ2v) is 5.85. The lowest BCUT2D eigenvalue weighted by Gasteiger charge is -2.13. The largest absolute Gasteiger partial charge is 0.478 e. The molecule has 1 aromatic carbocycles. The molecule has 17 heavy (non-hydrogen) atoms. The molecule has 2 N–H and O–H groups in total. The van der Waals surface area contributed by atoms with Crippen molar-refractivity contribution in [2.75, 3.05) is 18.1 Å². The molecule has 2 atom stereocenters. The van der Waals surface area contributed by atoms with Gasteiger partial charge in [-0.1, -0.05) is 6.07 Å². The zero-order valence-electron chi connectivity index (χ0n) is 10.2. The van der Waals surface area contributed by atoms with Gasteiger partial charge < -0.3 is 10.4 Å². The first-order valence-electron chi connectivity index (χ1n) is 5.32. The third kappa shape index (κ3) is 3.85. The van der Waals surface area contributed by atoms with Crippen molar-refractivity contribution < 1.29 is 14.1 Å². The minimum Gasteiger partial charge on any atom is -0.478 e. The predicted molar refractivity (Wildman–Crippen MR) is 70.2 cm³/mol. The van der Waals surface area contributed by atoms with Crippen LogP contribution in [0.2, 0.25) is 0 Å². The van der Waals surface area contributed by atoms with E-state index >= 15 is 0 Å². The standard InChI is InChI=1S/C12H17NO3S/c1-8-4-5-10(12(14)15)11(6-8)13-7-9(2)17(3)16/h4-6,9,13H,7H2,1-3H3,(H,14,15). The normalized spacial score (nSPS) is 14.1. The quantitative estimate of drug-likeness (QED) is 0.843. The van der Waals surface area contributed by atoms with Gasteiger partial charge in [-0.15, -0.1) is 0 Å². The van der Waals surface area contributed by atoms with E-state index in [-0.39, 0.29) is 10.8 Å². The maximum absolute atomic E-state index is 11.2. The number of aryl methyl sites for hydroxylation is 1. The Labute approximate surface area is 104 Å². The van der Waals surface area contributed by atoms with Gasteiger partial charge in [0.1, 0.15) is 0 Å². The van der Waals surface area contributed by atoms with Gasteiger partial charge in [-0.25, -0.2) is 4.79 Å². The number of carboxylic acids is 1. The van der Waals surface area contributed by atoms with Crippen LogP contribution >= 0.6 is 0 Å². The molecule has 0 saturated carbocycles. The Hall–Kier alpha value is -1.36. The van der Waals surface area contributed by atoms with Gasteiger partial charge in [0.05, 0.1) is 5.56 Å². The van der Waals surface area contributed by atoms with E-state index in [2.05, 4.69) is 5.32 Å². The summed E-state index contributed by atoms with van der Waals surface area (Å²) in [7, 11) is -0.917. The minimum atomic E-state index is -0.960. The minimum absolute atomic E-state index is 0.0165. The lowest BCUT2D eigenvalue weighted by molar-refractivity contribution is 0.0698. The van der Waals surface area contributed by atoms with Crippen LogP contribution in [0.4, 0.5) is 5.69 Å². The summed E-state index contributed by atoms with van der Waals surface area (Å²) in [5, 5.41) is 12.1. The van der Waals surface area contributed by atoms with E-state index in [4.69, 9.17) is 5.11 Å². The Morgan fingerprint density at radius 3 is 2.71 bits per heavy atom. The number of hydrogen-bond acceptors (Lipinski definition) is 3. The monoisotopic (exact) mass is 255 g/mol. The Morgan fingerprint density at radius 2 is 2.18 bits per heavy atom. The second kappa shape index (κ2) is 5.82. The molecule has 0 saturated heterocycles. The van der Waals surface area contributed by atoms with Crippen molar-refractivity contribution in [1.82, 2.24) is 0 Å². The highest BCUT2D eigenvalue weighted by Crippen LogP contribution is 2.17. The summed E-state index contributed by atoms with van der Waals surface area (Å²) < 4.78 is 11.2. The molecule has 0 aromatic heterocycles. The molecule has 4 nitrogen and oxygen atoms in total. The molecule has 0 fully saturated rings. The van der Waals surface area contributed by atoms with Crippen molar-refractivity contribution in [3.63, 3.8) is 0 Å². The van der Waals surface area contributed by atoms with Crippen molar-refractivity contribution in [3.8, 4) is 0 Å². The molecular formula is C12H17NO3S. The number of nitrogens with one attached hydrogen (secondary N) is 1. The van der Waals surface area contributed by atoms with Crippen LogP contribution in [0, 0.1) is 6.92 Å². The van der Waals surface area contributed by atoms with Crippen LogP contribution in [0.25, 0.3) is 0 Å². The molecule has 0 aliphatic carbocycles. The van der Waals surface area contributed by atoms with E-state index in [1.54, 1.807) is 24.5 Å². The average molecular weight is 255 g/mol. The molecular weight excluding hydrogens is 238 g/mol. The lowest BCUT2D eigenvalue weighted by Crippen LogP contribution is -2.21. The van der Waals surface area contributed by atoms with Gasteiger partial charge in [-0.3, -0.25) is 4.21 Å². The van der Waals surface area contributed by atoms with E-state index in [1.165, 1.54) is 0 Å². The van der Waals surface area contributed by atoms with Gasteiger partial charge >= 0.3 is 5.97 Å². The first-order chi connectivity index (χ1) is 7.91. The maximum Gasteiger partial charge on any atom is 0.337 e. The Morgan fingerprint density at radius 1 is 1.53 bits per heavy atom. The van der Waals surface area contributed by atoms with Crippen LogP contribution < -0.4 is 5.32 Å². The van der Waals surface area contributed by atoms with E-state index in [1.807, 2.05) is 13.8 Å².